The van der Waals surface area contributed by atoms with E-state index in [4.69, 9.17) is 19.3 Å². The van der Waals surface area contributed by atoms with Gasteiger partial charge in [-0.3, -0.25) is 9.59 Å². The molecule has 3 heterocycles. The van der Waals surface area contributed by atoms with E-state index in [2.05, 4.69) is 4.98 Å². The third kappa shape index (κ3) is 4.27. The molecule has 2 N–H and O–H groups in total. The molecule has 0 spiro atoms. The zero-order valence-corrected chi connectivity index (χ0v) is 21.5. The van der Waals surface area contributed by atoms with Gasteiger partial charge in [0.15, 0.2) is 11.5 Å². The maximum Gasteiger partial charge on any atom is 0.246 e. The highest BCUT2D eigenvalue weighted by molar-refractivity contribution is 5.97. The number of unbranched alkanes of at least 4 members (excludes halogenated alkanes) is 2. The number of aromatic nitrogens is 1. The molecule has 2 aromatic carbocycles. The van der Waals surface area contributed by atoms with Crippen LogP contribution in [0.3, 0.4) is 0 Å². The molecular weight excluding hydrogens is 474 g/mol. The fourth-order valence-electron chi connectivity index (χ4n) is 5.71. The van der Waals surface area contributed by atoms with Gasteiger partial charge in [-0.1, -0.05) is 18.2 Å². The standard InChI is InChI=1S/C28H33N3O6/c1-35-22-13-17(14-23(36-2)27(22)37-3)26-25-19(18-9-5-6-10-20(18)29-25)15-21-28(34)30(11-7-4-8-12-32)16-24(33)31(21)26/h5-6,9-10,13-14,21,26,29,32H,4,7-8,11-12,15-16H2,1-3H3. The predicted molar refractivity (Wildman–Crippen MR) is 138 cm³/mol. The third-order valence-electron chi connectivity index (χ3n) is 7.43. The summed E-state index contributed by atoms with van der Waals surface area (Å²) in [4.78, 5) is 34.4. The van der Waals surface area contributed by atoms with Gasteiger partial charge in [-0.05, 0) is 48.6 Å². The number of benzene rings is 2. The largest absolute Gasteiger partial charge is 0.493 e. The Morgan fingerprint density at radius 1 is 1.00 bits per heavy atom. The lowest BCUT2D eigenvalue weighted by Crippen LogP contribution is -2.63. The van der Waals surface area contributed by atoms with Crippen molar-refractivity contribution in [3.8, 4) is 17.2 Å². The number of nitrogens with zero attached hydrogens (tertiary/aromatic N) is 2. The summed E-state index contributed by atoms with van der Waals surface area (Å²) >= 11 is 0. The highest BCUT2D eigenvalue weighted by Crippen LogP contribution is 2.47. The van der Waals surface area contributed by atoms with Crippen LogP contribution < -0.4 is 14.2 Å². The summed E-state index contributed by atoms with van der Waals surface area (Å²) in [5, 5.41) is 10.1. The van der Waals surface area contributed by atoms with Crippen LogP contribution in [0.4, 0.5) is 0 Å². The zero-order valence-electron chi connectivity index (χ0n) is 21.5. The van der Waals surface area contributed by atoms with Crippen molar-refractivity contribution in [2.24, 2.45) is 0 Å². The van der Waals surface area contributed by atoms with Gasteiger partial charge in [-0.2, -0.15) is 0 Å². The van der Waals surface area contributed by atoms with E-state index >= 15 is 0 Å². The van der Waals surface area contributed by atoms with Gasteiger partial charge in [0.1, 0.15) is 6.04 Å². The number of amides is 2. The number of methoxy groups -OCH3 is 3. The van der Waals surface area contributed by atoms with Crippen LogP contribution in [0.1, 0.15) is 42.1 Å². The van der Waals surface area contributed by atoms with E-state index in [1.165, 1.54) is 0 Å². The number of ether oxygens (including phenoxy) is 3. The van der Waals surface area contributed by atoms with Gasteiger partial charge in [-0.25, -0.2) is 0 Å². The van der Waals surface area contributed by atoms with Crippen molar-refractivity contribution in [1.29, 1.82) is 0 Å². The minimum Gasteiger partial charge on any atom is -0.493 e. The first-order chi connectivity index (χ1) is 18.0. The summed E-state index contributed by atoms with van der Waals surface area (Å²) in [6.45, 7) is 0.665. The number of carbonyl (C=O) groups excluding carboxylic acids is 2. The van der Waals surface area contributed by atoms with Crippen molar-refractivity contribution in [1.82, 2.24) is 14.8 Å². The third-order valence-corrected chi connectivity index (χ3v) is 7.43. The second-order valence-electron chi connectivity index (χ2n) is 9.49. The fraction of sp³-hybridized carbons (Fsp3) is 0.429. The van der Waals surface area contributed by atoms with E-state index in [9.17, 15) is 9.59 Å². The van der Waals surface area contributed by atoms with Crippen LogP contribution >= 0.6 is 0 Å². The van der Waals surface area contributed by atoms with Crippen LogP contribution in [0.2, 0.25) is 0 Å². The molecule has 1 aromatic heterocycles. The average molecular weight is 508 g/mol. The van der Waals surface area contributed by atoms with Gasteiger partial charge in [-0.15, -0.1) is 0 Å². The number of aliphatic hydroxyl groups excluding tert-OH is 1. The highest BCUT2D eigenvalue weighted by Gasteiger charge is 2.48. The topological polar surface area (TPSA) is 104 Å². The number of hydrogen-bond donors (Lipinski definition) is 2. The van der Waals surface area contributed by atoms with Crippen LogP contribution in [-0.2, 0) is 16.0 Å². The van der Waals surface area contributed by atoms with E-state index in [-0.39, 0.29) is 25.0 Å². The van der Waals surface area contributed by atoms with E-state index in [0.717, 1.165) is 40.6 Å². The number of hydrogen-bond acceptors (Lipinski definition) is 6. The molecule has 0 aliphatic carbocycles. The molecule has 1 fully saturated rings. The number of para-hydroxylation sites is 1. The number of aromatic amines is 1. The van der Waals surface area contributed by atoms with Crippen molar-refractivity contribution in [2.75, 3.05) is 41.0 Å². The molecule has 0 saturated carbocycles. The lowest BCUT2D eigenvalue weighted by Gasteiger charge is -2.47. The molecule has 2 unspecified atom stereocenters. The summed E-state index contributed by atoms with van der Waals surface area (Å²) in [5.41, 5.74) is 3.67. The van der Waals surface area contributed by atoms with Gasteiger partial charge in [0.25, 0.3) is 0 Å². The summed E-state index contributed by atoms with van der Waals surface area (Å²) in [6, 6.07) is 10.6. The van der Waals surface area contributed by atoms with Crippen LogP contribution in [0, 0.1) is 0 Å². The first-order valence-electron chi connectivity index (χ1n) is 12.6. The maximum atomic E-state index is 13.8. The molecule has 9 nitrogen and oxygen atoms in total. The Bertz CT molecular complexity index is 1290. The number of carbonyl (C=O) groups is 2. The monoisotopic (exact) mass is 507 g/mol. The number of aliphatic hydroxyl groups is 1. The minimum atomic E-state index is -0.616. The van der Waals surface area contributed by atoms with Crippen molar-refractivity contribution >= 4 is 22.7 Å². The zero-order chi connectivity index (χ0) is 26.1. The molecule has 0 bridgehead atoms. The molecule has 2 aliphatic rings. The number of H-pyrrole nitrogens is 1. The molecule has 3 aromatic rings. The Balaban J connectivity index is 1.63. The van der Waals surface area contributed by atoms with Crippen molar-refractivity contribution in [2.45, 2.75) is 37.8 Å². The van der Waals surface area contributed by atoms with Gasteiger partial charge < -0.3 is 34.1 Å². The van der Waals surface area contributed by atoms with Crippen LogP contribution in [0.25, 0.3) is 10.9 Å². The normalized spacial score (nSPS) is 19.1. The quantitative estimate of drug-likeness (QED) is 0.432. The molecule has 1 saturated heterocycles. The summed E-state index contributed by atoms with van der Waals surface area (Å²) in [5.74, 6) is 1.29. The van der Waals surface area contributed by atoms with Crippen molar-refractivity contribution in [3.05, 3.63) is 53.2 Å². The molecule has 9 heteroatoms. The predicted octanol–water partition coefficient (Wildman–Crippen LogP) is 3.04. The second-order valence-corrected chi connectivity index (χ2v) is 9.49. The minimum absolute atomic E-state index is 0.0327. The summed E-state index contributed by atoms with van der Waals surface area (Å²) in [7, 11) is 4.67. The van der Waals surface area contributed by atoms with E-state index < -0.39 is 12.1 Å². The van der Waals surface area contributed by atoms with Crippen molar-refractivity contribution < 1.29 is 28.9 Å². The Labute approximate surface area is 215 Å². The van der Waals surface area contributed by atoms with Gasteiger partial charge in [0.2, 0.25) is 17.6 Å². The molecule has 0 radical (unpaired) electrons. The van der Waals surface area contributed by atoms with E-state index in [1.54, 1.807) is 31.1 Å². The average Bonchev–Trinajstić information content (AvgIpc) is 3.30. The van der Waals surface area contributed by atoms with Crippen LogP contribution in [0.5, 0.6) is 17.2 Å². The van der Waals surface area contributed by atoms with Crippen molar-refractivity contribution in [3.63, 3.8) is 0 Å². The lowest BCUT2D eigenvalue weighted by molar-refractivity contribution is -0.158. The van der Waals surface area contributed by atoms with Crippen LogP contribution in [-0.4, -0.2) is 78.8 Å². The SMILES string of the molecule is COc1cc(C2c3[nH]c4ccccc4c3CC3C(=O)N(CCCCCO)CC(=O)N32)cc(OC)c1OC. The smallest absolute Gasteiger partial charge is 0.246 e. The maximum absolute atomic E-state index is 13.8. The van der Waals surface area contributed by atoms with Crippen LogP contribution in [0.15, 0.2) is 36.4 Å². The summed E-state index contributed by atoms with van der Waals surface area (Å²) < 4.78 is 16.7. The Morgan fingerprint density at radius 3 is 2.41 bits per heavy atom. The number of piperazine rings is 1. The number of nitrogens with one attached hydrogen (secondary N) is 1. The molecule has 2 atom stereocenters. The molecular formula is C28H33N3O6. The van der Waals surface area contributed by atoms with E-state index in [1.807, 2.05) is 36.4 Å². The molecule has 5 rings (SSSR count). The Hall–Kier alpha value is -3.72. The van der Waals surface area contributed by atoms with E-state index in [0.29, 0.717) is 36.6 Å². The molecule has 2 amide bonds. The summed E-state index contributed by atoms with van der Waals surface area (Å²) in [6.07, 6.45) is 2.69. The number of rotatable bonds is 9. The lowest BCUT2D eigenvalue weighted by atomic mass is 9.86. The van der Waals surface area contributed by atoms with Gasteiger partial charge in [0.05, 0.1) is 33.9 Å². The Kier molecular flexibility index (Phi) is 6.97. The molecule has 196 valence electrons. The highest BCUT2D eigenvalue weighted by atomic mass is 16.5. The first-order valence-corrected chi connectivity index (χ1v) is 12.6. The van der Waals surface area contributed by atoms with Gasteiger partial charge >= 0.3 is 0 Å². The Morgan fingerprint density at radius 2 is 1.73 bits per heavy atom. The van der Waals surface area contributed by atoms with Gasteiger partial charge in [0, 0.05) is 36.2 Å². The molecule has 2 aliphatic heterocycles. The molecule has 37 heavy (non-hydrogen) atoms. The second kappa shape index (κ2) is 10.3. The fourth-order valence-corrected chi connectivity index (χ4v) is 5.71. The number of fused-ring (bicyclic) bond motifs is 4. The first kappa shape index (κ1) is 25.0.